The molecule has 11 rings (SSSR count). The van der Waals surface area contributed by atoms with E-state index < -0.39 is 0 Å². The number of hydrogen-bond donors (Lipinski definition) is 0. The molecule has 0 spiro atoms. The molecule has 7 aromatic carbocycles. The molecule has 5 nitrogen and oxygen atoms in total. The van der Waals surface area contributed by atoms with Gasteiger partial charge in [0.05, 0.1) is 27.5 Å². The van der Waals surface area contributed by atoms with E-state index in [0.717, 1.165) is 61.3 Å². The Hall–Kier alpha value is -6.98. The summed E-state index contributed by atoms with van der Waals surface area (Å²) in [6, 6.07) is 59.6. The van der Waals surface area contributed by atoms with E-state index in [2.05, 4.69) is 161 Å². The van der Waals surface area contributed by atoms with Gasteiger partial charge in [-0.2, -0.15) is 4.98 Å². The molecule has 0 aliphatic carbocycles. The second kappa shape index (κ2) is 10.8. The SMILES string of the molecule is c1ccc(-c2ccc3c(c2)c2ccccc2n3-c2ccc3oc4nc(-n5c6ccccc6c6ccccc65)c(-c5ccccc5)nc4c3c2)cc1. The molecule has 4 aromatic heterocycles. The highest BCUT2D eigenvalue weighted by molar-refractivity contribution is 6.12. The van der Waals surface area contributed by atoms with E-state index in [9.17, 15) is 0 Å². The van der Waals surface area contributed by atoms with Crippen molar-refractivity contribution in [1.82, 2.24) is 19.1 Å². The maximum atomic E-state index is 6.52. The molecule has 0 aliphatic heterocycles. The van der Waals surface area contributed by atoms with Gasteiger partial charge >= 0.3 is 0 Å². The lowest BCUT2D eigenvalue weighted by molar-refractivity contribution is 0.652. The molecule has 0 N–H and O–H groups in total. The van der Waals surface area contributed by atoms with Gasteiger partial charge in [-0.25, -0.2) is 4.98 Å². The molecule has 0 unspecified atom stereocenters. The van der Waals surface area contributed by atoms with Gasteiger partial charge in [-0.3, -0.25) is 4.57 Å². The Morgan fingerprint density at radius 1 is 0.392 bits per heavy atom. The van der Waals surface area contributed by atoms with Crippen LogP contribution in [0.5, 0.6) is 0 Å². The molecule has 51 heavy (non-hydrogen) atoms. The predicted molar refractivity (Wildman–Crippen MR) is 209 cm³/mol. The van der Waals surface area contributed by atoms with E-state index in [1.165, 1.54) is 32.7 Å². The van der Waals surface area contributed by atoms with Crippen LogP contribution in [0.15, 0.2) is 174 Å². The number of nitrogens with zero attached hydrogens (tertiary/aromatic N) is 4. The molecule has 0 aliphatic rings. The van der Waals surface area contributed by atoms with Crippen molar-refractivity contribution in [3.05, 3.63) is 170 Å². The van der Waals surface area contributed by atoms with Crippen LogP contribution >= 0.6 is 0 Å². The maximum absolute atomic E-state index is 6.52. The maximum Gasteiger partial charge on any atom is 0.248 e. The Kier molecular flexibility index (Phi) is 5.89. The Bertz CT molecular complexity index is 3080. The fraction of sp³-hybridized carbons (Fsp3) is 0. The van der Waals surface area contributed by atoms with E-state index in [0.29, 0.717) is 5.71 Å². The standard InChI is InChI=1S/C46H28N4O/c1-3-13-29(14-4-1)31-23-25-41-36(27-31)35-19-9-10-20-38(35)49(41)32-24-26-42-37(28-32)44-46(51-42)48-45(43(47-44)30-15-5-2-6-16-30)50-39-21-11-7-17-33(39)34-18-8-12-22-40(34)50/h1-28H. The first kappa shape index (κ1) is 27.9. The van der Waals surface area contributed by atoms with Gasteiger partial charge in [0.2, 0.25) is 5.71 Å². The van der Waals surface area contributed by atoms with Crippen molar-refractivity contribution >= 4 is 65.8 Å². The fourth-order valence-corrected chi connectivity index (χ4v) is 7.85. The summed E-state index contributed by atoms with van der Waals surface area (Å²) < 4.78 is 11.1. The van der Waals surface area contributed by atoms with Crippen LogP contribution in [-0.4, -0.2) is 19.1 Å². The molecule has 5 heteroatoms. The summed E-state index contributed by atoms with van der Waals surface area (Å²) in [6.07, 6.45) is 0. The normalized spacial score (nSPS) is 11.9. The molecule has 0 atom stereocenters. The average Bonchev–Trinajstić information content (AvgIpc) is 3.85. The Morgan fingerprint density at radius 2 is 0.961 bits per heavy atom. The first-order valence-electron chi connectivity index (χ1n) is 17.2. The van der Waals surface area contributed by atoms with Gasteiger partial charge in [0.15, 0.2) is 5.82 Å². The highest BCUT2D eigenvalue weighted by atomic mass is 16.3. The summed E-state index contributed by atoms with van der Waals surface area (Å²) in [5, 5.41) is 5.69. The second-order valence-corrected chi connectivity index (χ2v) is 13.0. The van der Waals surface area contributed by atoms with Gasteiger partial charge in [0.1, 0.15) is 16.8 Å². The van der Waals surface area contributed by atoms with Gasteiger partial charge < -0.3 is 8.98 Å². The number of furan rings is 1. The van der Waals surface area contributed by atoms with Crippen LogP contribution in [0.2, 0.25) is 0 Å². The molecule has 0 fully saturated rings. The van der Waals surface area contributed by atoms with Crippen LogP contribution in [-0.2, 0) is 0 Å². The quantitative estimate of drug-likeness (QED) is 0.190. The van der Waals surface area contributed by atoms with Crippen molar-refractivity contribution in [2.75, 3.05) is 0 Å². The van der Waals surface area contributed by atoms with E-state index >= 15 is 0 Å². The first-order valence-corrected chi connectivity index (χ1v) is 17.2. The zero-order valence-corrected chi connectivity index (χ0v) is 27.4. The Balaban J connectivity index is 1.17. The summed E-state index contributed by atoms with van der Waals surface area (Å²) in [6.45, 7) is 0. The van der Waals surface area contributed by atoms with Gasteiger partial charge in [-0.15, -0.1) is 0 Å². The Labute approximate surface area is 292 Å². The lowest BCUT2D eigenvalue weighted by Gasteiger charge is -2.12. The molecule has 4 heterocycles. The average molecular weight is 653 g/mol. The van der Waals surface area contributed by atoms with Crippen molar-refractivity contribution < 1.29 is 4.42 Å². The van der Waals surface area contributed by atoms with Crippen LogP contribution in [0.25, 0.3) is 99.7 Å². The summed E-state index contributed by atoms with van der Waals surface area (Å²) in [5.74, 6) is 0.738. The molecule has 0 saturated heterocycles. The number of para-hydroxylation sites is 3. The van der Waals surface area contributed by atoms with Gasteiger partial charge in [-0.05, 0) is 59.7 Å². The molecule has 0 radical (unpaired) electrons. The number of rotatable bonds is 4. The molecule has 0 amide bonds. The van der Waals surface area contributed by atoms with Crippen LogP contribution < -0.4 is 0 Å². The number of fused-ring (bicyclic) bond motifs is 9. The van der Waals surface area contributed by atoms with Crippen molar-refractivity contribution in [3.63, 3.8) is 0 Å². The number of aromatic nitrogens is 4. The third-order valence-corrected chi connectivity index (χ3v) is 10.1. The van der Waals surface area contributed by atoms with Crippen molar-refractivity contribution in [1.29, 1.82) is 0 Å². The molecule has 11 aromatic rings. The third kappa shape index (κ3) is 4.15. The first-order chi connectivity index (χ1) is 25.3. The minimum Gasteiger partial charge on any atom is -0.436 e. The van der Waals surface area contributed by atoms with Crippen molar-refractivity contribution in [2.24, 2.45) is 0 Å². The minimum absolute atomic E-state index is 0.508. The highest BCUT2D eigenvalue weighted by Crippen LogP contribution is 2.39. The molecule has 0 saturated carbocycles. The van der Waals surface area contributed by atoms with E-state index in [4.69, 9.17) is 14.4 Å². The van der Waals surface area contributed by atoms with E-state index in [1.807, 2.05) is 18.2 Å². The van der Waals surface area contributed by atoms with Crippen LogP contribution in [0.1, 0.15) is 0 Å². The lowest BCUT2D eigenvalue weighted by atomic mass is 10.0. The largest absolute Gasteiger partial charge is 0.436 e. The topological polar surface area (TPSA) is 48.8 Å². The fourth-order valence-electron chi connectivity index (χ4n) is 7.85. The second-order valence-electron chi connectivity index (χ2n) is 13.0. The third-order valence-electron chi connectivity index (χ3n) is 10.1. The van der Waals surface area contributed by atoms with Gasteiger partial charge in [0, 0.05) is 32.8 Å². The lowest BCUT2D eigenvalue weighted by Crippen LogP contribution is -2.03. The molecular weight excluding hydrogens is 625 g/mol. The number of hydrogen-bond acceptors (Lipinski definition) is 3. The van der Waals surface area contributed by atoms with Gasteiger partial charge in [-0.1, -0.05) is 121 Å². The predicted octanol–water partition coefficient (Wildman–Crippen LogP) is 11.9. The summed E-state index contributed by atoms with van der Waals surface area (Å²) in [4.78, 5) is 10.7. The summed E-state index contributed by atoms with van der Waals surface area (Å²) >= 11 is 0. The smallest absolute Gasteiger partial charge is 0.248 e. The van der Waals surface area contributed by atoms with Gasteiger partial charge in [0.25, 0.3) is 0 Å². The molecular formula is C46H28N4O. The highest BCUT2D eigenvalue weighted by Gasteiger charge is 2.22. The van der Waals surface area contributed by atoms with Crippen LogP contribution in [0, 0.1) is 0 Å². The van der Waals surface area contributed by atoms with Crippen LogP contribution in [0.3, 0.4) is 0 Å². The molecule has 238 valence electrons. The summed E-state index contributed by atoms with van der Waals surface area (Å²) in [5.41, 5.74) is 11.7. The van der Waals surface area contributed by atoms with Crippen molar-refractivity contribution in [2.45, 2.75) is 0 Å². The summed E-state index contributed by atoms with van der Waals surface area (Å²) in [7, 11) is 0. The Morgan fingerprint density at radius 3 is 1.65 bits per heavy atom. The van der Waals surface area contributed by atoms with Crippen LogP contribution in [0.4, 0.5) is 0 Å². The zero-order valence-electron chi connectivity index (χ0n) is 27.4. The zero-order chi connectivity index (χ0) is 33.5. The molecule has 0 bridgehead atoms. The monoisotopic (exact) mass is 652 g/mol. The minimum atomic E-state index is 0.508. The van der Waals surface area contributed by atoms with E-state index in [1.54, 1.807) is 0 Å². The number of benzene rings is 7. The van der Waals surface area contributed by atoms with E-state index in [-0.39, 0.29) is 0 Å². The van der Waals surface area contributed by atoms with Crippen molar-refractivity contribution in [3.8, 4) is 33.9 Å².